The summed E-state index contributed by atoms with van der Waals surface area (Å²) in [7, 11) is 4.00. The Labute approximate surface area is 158 Å². The lowest BCUT2D eigenvalue weighted by Gasteiger charge is -2.15. The van der Waals surface area contributed by atoms with E-state index in [-0.39, 0.29) is 17.8 Å². The van der Waals surface area contributed by atoms with Crippen LogP contribution in [0.2, 0.25) is 10.0 Å². The standard InChI is InChI=1S/C17H23Cl2N5O/c1-5-14-21-16(17(25)20-11(2)9-10-23(3)4)22-24(14)15-12(18)7-6-8-13(15)19/h6-8,11H,5,9-10H2,1-4H3,(H,20,25). The molecule has 1 unspecified atom stereocenters. The maximum atomic E-state index is 12.5. The molecule has 0 saturated heterocycles. The zero-order valence-electron chi connectivity index (χ0n) is 14.9. The van der Waals surface area contributed by atoms with Crippen molar-refractivity contribution in [3.05, 3.63) is 39.9 Å². The topological polar surface area (TPSA) is 63.1 Å². The number of hydrogen-bond donors (Lipinski definition) is 1. The Bertz CT molecular complexity index is 724. The summed E-state index contributed by atoms with van der Waals surface area (Å²) < 4.78 is 1.55. The predicted octanol–water partition coefficient (Wildman–Crippen LogP) is 3.21. The third-order valence-corrected chi connectivity index (χ3v) is 4.34. The van der Waals surface area contributed by atoms with Gasteiger partial charge >= 0.3 is 0 Å². The Hall–Kier alpha value is -1.63. The van der Waals surface area contributed by atoms with E-state index in [4.69, 9.17) is 23.2 Å². The van der Waals surface area contributed by atoms with Crippen LogP contribution in [0.3, 0.4) is 0 Å². The molecular weight excluding hydrogens is 361 g/mol. The van der Waals surface area contributed by atoms with Crippen LogP contribution < -0.4 is 5.32 Å². The number of carbonyl (C=O) groups excluding carboxylic acids is 1. The Kier molecular flexibility index (Phi) is 6.81. The maximum Gasteiger partial charge on any atom is 0.291 e. The van der Waals surface area contributed by atoms with Crippen LogP contribution in [-0.4, -0.2) is 52.3 Å². The normalized spacial score (nSPS) is 12.4. The fourth-order valence-electron chi connectivity index (χ4n) is 2.35. The van der Waals surface area contributed by atoms with Gasteiger partial charge in [0.2, 0.25) is 5.82 Å². The van der Waals surface area contributed by atoms with Gasteiger partial charge in [-0.05, 0) is 46.1 Å². The van der Waals surface area contributed by atoms with Crippen molar-refractivity contribution in [3.63, 3.8) is 0 Å². The lowest BCUT2D eigenvalue weighted by molar-refractivity contribution is 0.0926. The van der Waals surface area contributed by atoms with Crippen molar-refractivity contribution in [3.8, 4) is 5.69 Å². The lowest BCUT2D eigenvalue weighted by Crippen LogP contribution is -2.35. The van der Waals surface area contributed by atoms with Crippen molar-refractivity contribution in [1.29, 1.82) is 0 Å². The van der Waals surface area contributed by atoms with Gasteiger partial charge in [-0.15, -0.1) is 5.10 Å². The van der Waals surface area contributed by atoms with Crippen molar-refractivity contribution < 1.29 is 4.79 Å². The molecule has 0 aliphatic rings. The van der Waals surface area contributed by atoms with E-state index in [1.807, 2.05) is 27.9 Å². The summed E-state index contributed by atoms with van der Waals surface area (Å²) in [5.41, 5.74) is 0.537. The van der Waals surface area contributed by atoms with Gasteiger partial charge in [-0.25, -0.2) is 9.67 Å². The van der Waals surface area contributed by atoms with Crippen molar-refractivity contribution >= 4 is 29.1 Å². The second-order valence-electron chi connectivity index (χ2n) is 6.15. The average Bonchev–Trinajstić information content (AvgIpc) is 2.97. The van der Waals surface area contributed by atoms with Crippen LogP contribution in [0.1, 0.15) is 36.7 Å². The number of nitrogens with one attached hydrogen (secondary N) is 1. The van der Waals surface area contributed by atoms with Crippen molar-refractivity contribution in [2.75, 3.05) is 20.6 Å². The summed E-state index contributed by atoms with van der Waals surface area (Å²) in [5.74, 6) is 0.438. The van der Waals surface area contributed by atoms with Gasteiger partial charge in [0, 0.05) is 12.5 Å². The summed E-state index contributed by atoms with van der Waals surface area (Å²) in [4.78, 5) is 18.9. The molecule has 0 saturated carbocycles. The molecule has 1 aromatic carbocycles. The highest BCUT2D eigenvalue weighted by Gasteiger charge is 2.20. The molecule has 8 heteroatoms. The Morgan fingerprint density at radius 3 is 2.52 bits per heavy atom. The zero-order valence-corrected chi connectivity index (χ0v) is 16.4. The molecule has 1 N–H and O–H groups in total. The van der Waals surface area contributed by atoms with E-state index in [0.717, 1.165) is 13.0 Å². The molecule has 0 radical (unpaired) electrons. The fourth-order valence-corrected chi connectivity index (χ4v) is 2.91. The zero-order chi connectivity index (χ0) is 18.6. The molecule has 1 aromatic heterocycles. The van der Waals surface area contributed by atoms with Crippen LogP contribution in [0, 0.1) is 0 Å². The molecule has 1 heterocycles. The number of para-hydroxylation sites is 1. The van der Waals surface area contributed by atoms with Gasteiger partial charge in [-0.3, -0.25) is 4.79 Å². The smallest absolute Gasteiger partial charge is 0.291 e. The van der Waals surface area contributed by atoms with Crippen LogP contribution in [-0.2, 0) is 6.42 Å². The molecule has 1 atom stereocenters. The monoisotopic (exact) mass is 383 g/mol. The van der Waals surface area contributed by atoms with Crippen molar-refractivity contribution in [1.82, 2.24) is 25.0 Å². The summed E-state index contributed by atoms with van der Waals surface area (Å²) in [6.45, 7) is 4.79. The fraction of sp³-hybridized carbons (Fsp3) is 0.471. The van der Waals surface area contributed by atoms with Gasteiger partial charge in [0.15, 0.2) is 0 Å². The number of amides is 1. The number of carbonyl (C=O) groups is 1. The number of aryl methyl sites for hydroxylation is 1. The van der Waals surface area contributed by atoms with Crippen LogP contribution in [0.4, 0.5) is 0 Å². The first kappa shape index (κ1) is 19.7. The number of nitrogens with zero attached hydrogens (tertiary/aromatic N) is 4. The van der Waals surface area contributed by atoms with E-state index in [1.165, 1.54) is 0 Å². The highest BCUT2D eigenvalue weighted by atomic mass is 35.5. The maximum absolute atomic E-state index is 12.5. The van der Waals surface area contributed by atoms with Gasteiger partial charge in [0.1, 0.15) is 11.5 Å². The van der Waals surface area contributed by atoms with Crippen LogP contribution in [0.15, 0.2) is 18.2 Å². The molecule has 136 valence electrons. The molecule has 25 heavy (non-hydrogen) atoms. The summed E-state index contributed by atoms with van der Waals surface area (Å²) in [5, 5.41) is 8.18. The molecule has 0 spiro atoms. The predicted molar refractivity (Wildman–Crippen MR) is 101 cm³/mol. The third-order valence-electron chi connectivity index (χ3n) is 3.73. The van der Waals surface area contributed by atoms with Gasteiger partial charge in [0.05, 0.1) is 10.0 Å². The van der Waals surface area contributed by atoms with Crippen molar-refractivity contribution in [2.24, 2.45) is 0 Å². The summed E-state index contributed by atoms with van der Waals surface area (Å²) in [6.07, 6.45) is 1.44. The van der Waals surface area contributed by atoms with E-state index >= 15 is 0 Å². The van der Waals surface area contributed by atoms with E-state index in [0.29, 0.717) is 28.0 Å². The van der Waals surface area contributed by atoms with Crippen LogP contribution in [0.25, 0.3) is 5.69 Å². The lowest BCUT2D eigenvalue weighted by atomic mass is 10.2. The molecular formula is C17H23Cl2N5O. The van der Waals surface area contributed by atoms with Gasteiger partial charge < -0.3 is 10.2 Å². The molecule has 0 bridgehead atoms. The van der Waals surface area contributed by atoms with E-state index in [9.17, 15) is 4.79 Å². The number of rotatable bonds is 7. The first-order valence-corrected chi connectivity index (χ1v) is 8.95. The van der Waals surface area contributed by atoms with Crippen LogP contribution in [0.5, 0.6) is 0 Å². The van der Waals surface area contributed by atoms with Gasteiger partial charge in [-0.2, -0.15) is 0 Å². The SMILES string of the molecule is CCc1nc(C(=O)NC(C)CCN(C)C)nn1-c1c(Cl)cccc1Cl. The number of halogens is 2. The molecule has 2 aromatic rings. The average molecular weight is 384 g/mol. The second-order valence-corrected chi connectivity index (χ2v) is 6.97. The Morgan fingerprint density at radius 1 is 1.32 bits per heavy atom. The van der Waals surface area contributed by atoms with E-state index in [1.54, 1.807) is 22.9 Å². The summed E-state index contributed by atoms with van der Waals surface area (Å²) in [6, 6.07) is 5.24. The first-order valence-electron chi connectivity index (χ1n) is 8.19. The minimum atomic E-state index is -0.303. The first-order chi connectivity index (χ1) is 11.8. The number of benzene rings is 1. The van der Waals surface area contributed by atoms with Gasteiger partial charge in [0.25, 0.3) is 5.91 Å². The largest absolute Gasteiger partial charge is 0.347 e. The molecule has 0 aliphatic heterocycles. The molecule has 6 nitrogen and oxygen atoms in total. The second kappa shape index (κ2) is 8.65. The molecule has 1 amide bonds. The van der Waals surface area contributed by atoms with E-state index in [2.05, 4.69) is 20.3 Å². The highest BCUT2D eigenvalue weighted by molar-refractivity contribution is 6.37. The van der Waals surface area contributed by atoms with Gasteiger partial charge in [-0.1, -0.05) is 36.2 Å². The van der Waals surface area contributed by atoms with Crippen molar-refractivity contribution in [2.45, 2.75) is 32.7 Å². The minimum absolute atomic E-state index is 0.0239. The highest BCUT2D eigenvalue weighted by Crippen LogP contribution is 2.28. The molecule has 0 fully saturated rings. The minimum Gasteiger partial charge on any atom is -0.347 e. The molecule has 2 rings (SSSR count). The Balaban J connectivity index is 2.24. The quantitative estimate of drug-likeness (QED) is 0.796. The third kappa shape index (κ3) is 4.93. The Morgan fingerprint density at radius 2 is 1.96 bits per heavy atom. The molecule has 0 aliphatic carbocycles. The van der Waals surface area contributed by atoms with E-state index < -0.39 is 0 Å². The van der Waals surface area contributed by atoms with Crippen LogP contribution >= 0.6 is 23.2 Å². The summed E-state index contributed by atoms with van der Waals surface area (Å²) >= 11 is 12.5. The number of aromatic nitrogens is 3. The number of hydrogen-bond acceptors (Lipinski definition) is 4.